The van der Waals surface area contributed by atoms with E-state index in [1.165, 1.54) is 6.07 Å². The molecule has 0 spiro atoms. The second-order valence-corrected chi connectivity index (χ2v) is 3.29. The number of halogens is 3. The van der Waals surface area contributed by atoms with Gasteiger partial charge in [-0.3, -0.25) is 0 Å². The van der Waals surface area contributed by atoms with Gasteiger partial charge < -0.3 is 0 Å². The third-order valence-electron chi connectivity index (χ3n) is 2.44. The van der Waals surface area contributed by atoms with Crippen molar-refractivity contribution in [3.05, 3.63) is 34.6 Å². The van der Waals surface area contributed by atoms with E-state index in [4.69, 9.17) is 0 Å². The molecule has 0 fully saturated rings. The van der Waals surface area contributed by atoms with Gasteiger partial charge in [0.05, 0.1) is 0 Å². The lowest BCUT2D eigenvalue weighted by Gasteiger charge is -2.05. The van der Waals surface area contributed by atoms with Crippen LogP contribution in [-0.2, 0) is 12.8 Å². The monoisotopic (exact) mass is 216 g/mol. The Morgan fingerprint density at radius 3 is 2.40 bits per heavy atom. The van der Waals surface area contributed by atoms with Crippen LogP contribution in [0.4, 0.5) is 13.2 Å². The Balaban J connectivity index is 0.000000531. The largest absolute Gasteiger partial charge is 0.263 e. The van der Waals surface area contributed by atoms with Gasteiger partial charge in [-0.25, -0.2) is 13.2 Å². The van der Waals surface area contributed by atoms with Crippen molar-refractivity contribution in [1.29, 1.82) is 0 Å². The van der Waals surface area contributed by atoms with Crippen molar-refractivity contribution in [3.63, 3.8) is 0 Å². The molecular formula is C12H15F3. The van der Waals surface area contributed by atoms with Crippen LogP contribution in [0, 0.1) is 5.82 Å². The van der Waals surface area contributed by atoms with Crippen LogP contribution >= 0.6 is 0 Å². The summed E-state index contributed by atoms with van der Waals surface area (Å²) in [5.74, 6) is -0.467. The highest BCUT2D eigenvalue weighted by Gasteiger charge is 2.19. The van der Waals surface area contributed by atoms with Crippen molar-refractivity contribution in [2.24, 2.45) is 0 Å². The van der Waals surface area contributed by atoms with E-state index >= 15 is 0 Å². The van der Waals surface area contributed by atoms with Crippen molar-refractivity contribution < 1.29 is 13.2 Å². The smallest absolute Gasteiger partial charge is 0.207 e. The van der Waals surface area contributed by atoms with Crippen LogP contribution in [0.2, 0.25) is 0 Å². The number of hydrogen-bond acceptors (Lipinski definition) is 0. The third kappa shape index (κ3) is 2.52. The first kappa shape index (κ1) is 12.1. The van der Waals surface area contributed by atoms with E-state index < -0.39 is 12.2 Å². The van der Waals surface area contributed by atoms with Crippen LogP contribution in [0.1, 0.15) is 43.4 Å². The molecule has 1 aliphatic carbocycles. The van der Waals surface area contributed by atoms with Crippen molar-refractivity contribution in [2.45, 2.75) is 39.5 Å². The van der Waals surface area contributed by atoms with Gasteiger partial charge >= 0.3 is 0 Å². The zero-order valence-electron chi connectivity index (χ0n) is 8.99. The standard InChI is InChI=1S/C10H9F3.C2H6/c11-9-5-7(10(12)13)4-6-2-1-3-8(6)9;1-2/h4-5,10H,1-3H2;1-2H3. The molecule has 0 N–H and O–H groups in total. The quantitative estimate of drug-likeness (QED) is 0.657. The minimum absolute atomic E-state index is 0.196. The fourth-order valence-electron chi connectivity index (χ4n) is 1.80. The number of benzene rings is 1. The van der Waals surface area contributed by atoms with Crippen LogP contribution in [0.15, 0.2) is 12.1 Å². The van der Waals surface area contributed by atoms with Crippen molar-refractivity contribution in [3.8, 4) is 0 Å². The Labute approximate surface area is 88.1 Å². The molecule has 0 nitrogen and oxygen atoms in total. The van der Waals surface area contributed by atoms with Gasteiger partial charge in [-0.1, -0.05) is 13.8 Å². The van der Waals surface area contributed by atoms with Crippen LogP contribution in [0.25, 0.3) is 0 Å². The summed E-state index contributed by atoms with van der Waals surface area (Å²) in [6.45, 7) is 4.00. The van der Waals surface area contributed by atoms with Crippen LogP contribution < -0.4 is 0 Å². The first-order chi connectivity index (χ1) is 7.18. The van der Waals surface area contributed by atoms with Gasteiger partial charge in [-0.05, 0) is 42.5 Å². The van der Waals surface area contributed by atoms with Crippen molar-refractivity contribution in [2.75, 3.05) is 0 Å². The maximum absolute atomic E-state index is 13.2. The highest BCUT2D eigenvalue weighted by atomic mass is 19.3. The summed E-state index contributed by atoms with van der Waals surface area (Å²) in [5.41, 5.74) is 1.19. The van der Waals surface area contributed by atoms with Crippen molar-refractivity contribution >= 4 is 0 Å². The number of rotatable bonds is 1. The second-order valence-electron chi connectivity index (χ2n) is 3.29. The Hall–Kier alpha value is -0.990. The molecule has 0 amide bonds. The Bertz CT molecular complexity index is 332. The summed E-state index contributed by atoms with van der Waals surface area (Å²) >= 11 is 0. The van der Waals surface area contributed by atoms with Gasteiger partial charge in [-0.15, -0.1) is 0 Å². The van der Waals surface area contributed by atoms with Gasteiger partial charge in [0.25, 0.3) is 6.43 Å². The molecule has 0 saturated heterocycles. The fourth-order valence-corrected chi connectivity index (χ4v) is 1.80. The Morgan fingerprint density at radius 1 is 1.13 bits per heavy atom. The minimum atomic E-state index is -2.57. The lowest BCUT2D eigenvalue weighted by molar-refractivity contribution is 0.151. The topological polar surface area (TPSA) is 0 Å². The molecule has 1 aromatic rings. The number of alkyl halides is 2. The van der Waals surface area contributed by atoms with E-state index in [1.54, 1.807) is 0 Å². The molecule has 0 aromatic heterocycles. The second kappa shape index (κ2) is 5.19. The Morgan fingerprint density at radius 2 is 1.80 bits per heavy atom. The summed E-state index contributed by atoms with van der Waals surface area (Å²) in [5, 5.41) is 0. The summed E-state index contributed by atoms with van der Waals surface area (Å²) < 4.78 is 37.7. The normalized spacial score (nSPS) is 13.5. The molecule has 0 radical (unpaired) electrons. The van der Waals surface area contributed by atoms with E-state index in [0.717, 1.165) is 24.5 Å². The molecule has 84 valence electrons. The van der Waals surface area contributed by atoms with E-state index in [0.29, 0.717) is 12.0 Å². The van der Waals surface area contributed by atoms with Gasteiger partial charge in [0.2, 0.25) is 0 Å². The number of aryl methyl sites for hydroxylation is 1. The average Bonchev–Trinajstić information content (AvgIpc) is 2.69. The lowest BCUT2D eigenvalue weighted by atomic mass is 10.1. The molecule has 0 bridgehead atoms. The molecule has 3 heteroatoms. The molecule has 1 aromatic carbocycles. The fraction of sp³-hybridized carbons (Fsp3) is 0.500. The minimum Gasteiger partial charge on any atom is -0.207 e. The highest BCUT2D eigenvalue weighted by Crippen LogP contribution is 2.29. The summed E-state index contributed by atoms with van der Waals surface area (Å²) in [7, 11) is 0. The van der Waals surface area contributed by atoms with Gasteiger partial charge in [-0.2, -0.15) is 0 Å². The maximum Gasteiger partial charge on any atom is 0.263 e. The molecular weight excluding hydrogens is 201 g/mol. The Kier molecular flexibility index (Phi) is 4.18. The van der Waals surface area contributed by atoms with E-state index in [9.17, 15) is 13.2 Å². The molecule has 0 saturated carbocycles. The number of hydrogen-bond donors (Lipinski definition) is 0. The molecule has 0 unspecified atom stereocenters. The zero-order valence-corrected chi connectivity index (χ0v) is 8.99. The first-order valence-corrected chi connectivity index (χ1v) is 5.28. The van der Waals surface area contributed by atoms with Crippen LogP contribution in [0.3, 0.4) is 0 Å². The summed E-state index contributed by atoms with van der Waals surface area (Å²) in [6, 6.07) is 2.38. The molecule has 0 heterocycles. The summed E-state index contributed by atoms with van der Waals surface area (Å²) in [4.78, 5) is 0. The van der Waals surface area contributed by atoms with E-state index in [-0.39, 0.29) is 5.56 Å². The van der Waals surface area contributed by atoms with E-state index in [1.807, 2.05) is 13.8 Å². The van der Waals surface area contributed by atoms with Crippen LogP contribution in [-0.4, -0.2) is 0 Å². The van der Waals surface area contributed by atoms with Gasteiger partial charge in [0, 0.05) is 5.56 Å². The highest BCUT2D eigenvalue weighted by molar-refractivity contribution is 5.37. The first-order valence-electron chi connectivity index (χ1n) is 5.28. The summed E-state index contributed by atoms with van der Waals surface area (Å²) in [6.07, 6.45) is -0.281. The molecule has 2 rings (SSSR count). The SMILES string of the molecule is CC.Fc1cc(C(F)F)cc2c1CCC2. The maximum atomic E-state index is 13.2. The molecule has 0 atom stereocenters. The zero-order chi connectivity index (χ0) is 11.4. The van der Waals surface area contributed by atoms with E-state index in [2.05, 4.69) is 0 Å². The number of fused-ring (bicyclic) bond motifs is 1. The average molecular weight is 216 g/mol. The third-order valence-corrected chi connectivity index (χ3v) is 2.44. The van der Waals surface area contributed by atoms with Gasteiger partial charge in [0.1, 0.15) is 5.82 Å². The molecule has 1 aliphatic rings. The predicted molar refractivity (Wildman–Crippen MR) is 54.7 cm³/mol. The molecule has 0 aliphatic heterocycles. The predicted octanol–water partition coefficient (Wildman–Crippen LogP) is 4.28. The lowest BCUT2D eigenvalue weighted by Crippen LogP contribution is -1.93. The van der Waals surface area contributed by atoms with Crippen molar-refractivity contribution in [1.82, 2.24) is 0 Å². The molecule has 15 heavy (non-hydrogen) atoms. The van der Waals surface area contributed by atoms with Crippen LogP contribution in [0.5, 0.6) is 0 Å². The van der Waals surface area contributed by atoms with Gasteiger partial charge in [0.15, 0.2) is 0 Å².